The third kappa shape index (κ3) is 4.40. The first-order valence-electron chi connectivity index (χ1n) is 10.2. The van der Waals surface area contributed by atoms with Crippen LogP contribution in [0.1, 0.15) is 33.8 Å². The molecule has 2 N–H and O–H groups in total. The average Bonchev–Trinajstić information content (AvgIpc) is 3.14. The van der Waals surface area contributed by atoms with E-state index in [2.05, 4.69) is 15.6 Å². The summed E-state index contributed by atoms with van der Waals surface area (Å²) in [5.41, 5.74) is 2.13. The number of aryl methyl sites for hydroxylation is 1. The summed E-state index contributed by atoms with van der Waals surface area (Å²) in [6.07, 6.45) is 1.34. The third-order valence-corrected chi connectivity index (χ3v) is 7.04. The molecule has 168 valence electrons. The number of amides is 2. The van der Waals surface area contributed by atoms with Crippen molar-refractivity contribution in [2.24, 2.45) is 0 Å². The minimum atomic E-state index is -0.825. The van der Waals surface area contributed by atoms with Crippen LogP contribution in [0.2, 0.25) is 5.02 Å². The van der Waals surface area contributed by atoms with Gasteiger partial charge in [-0.05, 0) is 56.2 Å². The maximum atomic E-state index is 13.3. The predicted molar refractivity (Wildman–Crippen MR) is 133 cm³/mol. The lowest BCUT2D eigenvalue weighted by molar-refractivity contribution is -0.118. The maximum absolute atomic E-state index is 13.3. The summed E-state index contributed by atoms with van der Waals surface area (Å²) in [6.45, 7) is 5.14. The Kier molecular flexibility index (Phi) is 6.31. The van der Waals surface area contributed by atoms with Gasteiger partial charge in [-0.15, -0.1) is 11.3 Å². The summed E-state index contributed by atoms with van der Waals surface area (Å²) in [7, 11) is 0. The second-order valence-corrected chi connectivity index (χ2v) is 9.00. The molecule has 7 nitrogen and oxygen atoms in total. The first kappa shape index (κ1) is 22.7. The van der Waals surface area contributed by atoms with Gasteiger partial charge in [0, 0.05) is 16.4 Å². The Labute approximate surface area is 199 Å². The van der Waals surface area contributed by atoms with Crippen LogP contribution in [-0.2, 0) is 4.79 Å². The van der Waals surface area contributed by atoms with E-state index in [0.717, 1.165) is 16.9 Å². The highest BCUT2D eigenvalue weighted by molar-refractivity contribution is 7.20. The van der Waals surface area contributed by atoms with Crippen LogP contribution in [0.4, 0.5) is 11.4 Å². The number of fused-ring (bicyclic) bond motifs is 1. The second-order valence-electron chi connectivity index (χ2n) is 7.59. The molecule has 1 unspecified atom stereocenters. The van der Waals surface area contributed by atoms with Gasteiger partial charge < -0.3 is 10.6 Å². The van der Waals surface area contributed by atoms with Gasteiger partial charge in [-0.1, -0.05) is 35.9 Å². The van der Waals surface area contributed by atoms with Gasteiger partial charge in [-0.3, -0.25) is 19.0 Å². The van der Waals surface area contributed by atoms with E-state index in [4.69, 9.17) is 11.6 Å². The number of hydrogen-bond acceptors (Lipinski definition) is 5. The summed E-state index contributed by atoms with van der Waals surface area (Å²) >= 11 is 7.28. The summed E-state index contributed by atoms with van der Waals surface area (Å²) in [5.74, 6) is -0.687. The number of anilines is 2. The van der Waals surface area contributed by atoms with Crippen molar-refractivity contribution in [1.29, 1.82) is 0 Å². The van der Waals surface area contributed by atoms with E-state index < -0.39 is 6.04 Å². The Morgan fingerprint density at radius 1 is 1.03 bits per heavy atom. The fourth-order valence-corrected chi connectivity index (χ4v) is 4.65. The number of nitrogens with one attached hydrogen (secondary N) is 2. The molecule has 9 heteroatoms. The standard InChI is InChI=1S/C24H21ClN4O3S/c1-13-17(25)10-7-11-18(13)28-21(30)15(3)29-12-26-23-19(24(29)32)14(2)20(33-23)22(31)27-16-8-5-4-6-9-16/h4-12,15H,1-3H3,(H,27,31)(H,28,30). The highest BCUT2D eigenvalue weighted by Crippen LogP contribution is 2.28. The van der Waals surface area contributed by atoms with Crippen molar-refractivity contribution >= 4 is 56.3 Å². The Hall–Kier alpha value is -3.49. The van der Waals surface area contributed by atoms with Gasteiger partial charge in [0.25, 0.3) is 11.5 Å². The summed E-state index contributed by atoms with van der Waals surface area (Å²) in [6, 6.07) is 13.5. The zero-order chi connectivity index (χ0) is 23.7. The van der Waals surface area contributed by atoms with Crippen LogP contribution in [0.5, 0.6) is 0 Å². The topological polar surface area (TPSA) is 93.1 Å². The number of benzene rings is 2. The quantitative estimate of drug-likeness (QED) is 0.411. The Balaban J connectivity index is 1.64. The molecule has 0 saturated heterocycles. The number of thiophene rings is 1. The fraction of sp³-hybridized carbons (Fsp3) is 0.167. The molecule has 0 spiro atoms. The van der Waals surface area contributed by atoms with Gasteiger partial charge in [-0.2, -0.15) is 0 Å². The number of rotatable bonds is 5. The summed E-state index contributed by atoms with van der Waals surface area (Å²) in [5, 5.41) is 6.52. The van der Waals surface area contributed by atoms with E-state index in [0.29, 0.717) is 37.1 Å². The number of halogens is 1. The van der Waals surface area contributed by atoms with Crippen LogP contribution in [0.15, 0.2) is 59.7 Å². The predicted octanol–water partition coefficient (Wildman–Crippen LogP) is 5.18. The van der Waals surface area contributed by atoms with Gasteiger partial charge in [0.1, 0.15) is 10.9 Å². The molecule has 4 aromatic rings. The van der Waals surface area contributed by atoms with Crippen molar-refractivity contribution in [3.8, 4) is 0 Å². The van der Waals surface area contributed by atoms with E-state index in [1.807, 2.05) is 18.2 Å². The van der Waals surface area contributed by atoms with E-state index in [9.17, 15) is 14.4 Å². The van der Waals surface area contributed by atoms with E-state index in [-0.39, 0.29) is 17.4 Å². The third-order valence-electron chi connectivity index (χ3n) is 5.44. The molecule has 0 aliphatic rings. The minimum absolute atomic E-state index is 0.310. The molecule has 0 aliphatic carbocycles. The van der Waals surface area contributed by atoms with Gasteiger partial charge in [0.15, 0.2) is 0 Å². The van der Waals surface area contributed by atoms with Crippen LogP contribution in [0, 0.1) is 13.8 Å². The summed E-state index contributed by atoms with van der Waals surface area (Å²) in [4.78, 5) is 44.1. The molecule has 1 atom stereocenters. The molecule has 2 aromatic carbocycles. The molecule has 2 heterocycles. The van der Waals surface area contributed by atoms with Gasteiger partial charge in [0.2, 0.25) is 5.91 Å². The van der Waals surface area contributed by atoms with Crippen LogP contribution in [-0.4, -0.2) is 21.4 Å². The van der Waals surface area contributed by atoms with E-state index in [1.165, 1.54) is 10.9 Å². The van der Waals surface area contributed by atoms with Crippen molar-refractivity contribution in [3.63, 3.8) is 0 Å². The van der Waals surface area contributed by atoms with Crippen molar-refractivity contribution < 1.29 is 9.59 Å². The van der Waals surface area contributed by atoms with Crippen LogP contribution < -0.4 is 16.2 Å². The number of para-hydroxylation sites is 1. The molecular weight excluding hydrogens is 460 g/mol. The maximum Gasteiger partial charge on any atom is 0.266 e. The lowest BCUT2D eigenvalue weighted by Gasteiger charge is -2.16. The smallest absolute Gasteiger partial charge is 0.266 e. The van der Waals surface area contributed by atoms with E-state index in [1.54, 1.807) is 51.1 Å². The molecular formula is C24H21ClN4O3S. The number of hydrogen-bond donors (Lipinski definition) is 2. The highest BCUT2D eigenvalue weighted by Gasteiger charge is 2.23. The van der Waals surface area contributed by atoms with Crippen molar-refractivity contribution in [1.82, 2.24) is 9.55 Å². The molecule has 2 aromatic heterocycles. The number of nitrogens with zero attached hydrogens (tertiary/aromatic N) is 2. The van der Waals surface area contributed by atoms with Crippen molar-refractivity contribution in [2.75, 3.05) is 10.6 Å². The van der Waals surface area contributed by atoms with Gasteiger partial charge in [-0.25, -0.2) is 4.98 Å². The fourth-order valence-electron chi connectivity index (χ4n) is 3.45. The molecule has 0 aliphatic heterocycles. The molecule has 2 amide bonds. The number of aromatic nitrogens is 2. The van der Waals surface area contributed by atoms with Crippen LogP contribution in [0.25, 0.3) is 10.2 Å². The lowest BCUT2D eigenvalue weighted by Crippen LogP contribution is -2.32. The number of carbonyl (C=O) groups excluding carboxylic acids is 2. The van der Waals surface area contributed by atoms with E-state index >= 15 is 0 Å². The molecule has 0 radical (unpaired) electrons. The number of carbonyl (C=O) groups is 2. The lowest BCUT2D eigenvalue weighted by atomic mass is 10.1. The normalized spacial score (nSPS) is 11.9. The Morgan fingerprint density at radius 2 is 1.76 bits per heavy atom. The molecule has 0 fully saturated rings. The molecule has 0 bridgehead atoms. The average molecular weight is 481 g/mol. The van der Waals surface area contributed by atoms with Crippen molar-refractivity contribution in [2.45, 2.75) is 26.8 Å². The Bertz CT molecular complexity index is 1430. The largest absolute Gasteiger partial charge is 0.324 e. The summed E-state index contributed by atoms with van der Waals surface area (Å²) < 4.78 is 1.27. The minimum Gasteiger partial charge on any atom is -0.324 e. The van der Waals surface area contributed by atoms with Crippen LogP contribution in [0.3, 0.4) is 0 Å². The van der Waals surface area contributed by atoms with Gasteiger partial charge in [0.05, 0.1) is 16.6 Å². The first-order valence-corrected chi connectivity index (χ1v) is 11.4. The SMILES string of the molecule is Cc1c(Cl)cccc1NC(=O)C(C)n1cnc2sc(C(=O)Nc3ccccc3)c(C)c2c1=O. The zero-order valence-corrected chi connectivity index (χ0v) is 19.8. The first-order chi connectivity index (χ1) is 15.8. The Morgan fingerprint density at radius 3 is 2.48 bits per heavy atom. The molecule has 0 saturated carbocycles. The highest BCUT2D eigenvalue weighted by atomic mass is 35.5. The van der Waals surface area contributed by atoms with Gasteiger partial charge >= 0.3 is 0 Å². The molecule has 4 rings (SSSR count). The zero-order valence-electron chi connectivity index (χ0n) is 18.2. The molecule has 33 heavy (non-hydrogen) atoms. The monoisotopic (exact) mass is 480 g/mol. The van der Waals surface area contributed by atoms with Crippen molar-refractivity contribution in [3.05, 3.63) is 86.2 Å². The second kappa shape index (κ2) is 9.17. The van der Waals surface area contributed by atoms with Crippen LogP contribution >= 0.6 is 22.9 Å².